The third-order valence-electron chi connectivity index (χ3n) is 1.89. The van der Waals surface area contributed by atoms with E-state index in [1.807, 2.05) is 13.8 Å². The second-order valence-electron chi connectivity index (χ2n) is 3.97. The largest absolute Gasteiger partial charge is 0.399 e. The summed E-state index contributed by atoms with van der Waals surface area (Å²) in [6.45, 7) is 4.06. The Morgan fingerprint density at radius 3 is 2.50 bits per heavy atom. The molecule has 0 aliphatic rings. The van der Waals surface area contributed by atoms with Crippen molar-refractivity contribution in [3.63, 3.8) is 0 Å². The number of nitrogens with one attached hydrogen (secondary N) is 1. The third kappa shape index (κ3) is 3.46. The van der Waals surface area contributed by atoms with Gasteiger partial charge in [-0.2, -0.15) is 0 Å². The first-order valence-corrected chi connectivity index (χ1v) is 6.35. The molecule has 0 radical (unpaired) electrons. The molecule has 3 N–H and O–H groups in total. The van der Waals surface area contributed by atoms with Gasteiger partial charge in [-0.05, 0) is 24.1 Å². The highest BCUT2D eigenvalue weighted by atomic mass is 32.2. The molecule has 0 aliphatic carbocycles. The van der Waals surface area contributed by atoms with Gasteiger partial charge in [0.2, 0.25) is 10.0 Å². The molecule has 0 unspecified atom stereocenters. The number of anilines is 1. The van der Waals surface area contributed by atoms with Gasteiger partial charge < -0.3 is 5.73 Å². The van der Waals surface area contributed by atoms with E-state index in [9.17, 15) is 12.8 Å². The van der Waals surface area contributed by atoms with Crippen LogP contribution in [0.2, 0.25) is 0 Å². The Labute approximate surface area is 94.7 Å². The summed E-state index contributed by atoms with van der Waals surface area (Å²) in [5.74, 6) is -0.481. The predicted molar refractivity (Wildman–Crippen MR) is 60.8 cm³/mol. The van der Waals surface area contributed by atoms with Crippen LogP contribution in [0.1, 0.15) is 13.8 Å². The predicted octanol–water partition coefficient (Wildman–Crippen LogP) is 1.34. The highest BCUT2D eigenvalue weighted by Gasteiger charge is 2.15. The summed E-state index contributed by atoms with van der Waals surface area (Å²) in [5.41, 5.74) is 5.47. The lowest BCUT2D eigenvalue weighted by Crippen LogP contribution is -2.27. The van der Waals surface area contributed by atoms with Crippen LogP contribution in [-0.4, -0.2) is 15.0 Å². The third-order valence-corrected chi connectivity index (χ3v) is 3.29. The lowest BCUT2D eigenvalue weighted by atomic mass is 10.2. The van der Waals surface area contributed by atoms with Crippen LogP contribution in [-0.2, 0) is 10.0 Å². The second kappa shape index (κ2) is 4.80. The number of halogens is 1. The zero-order valence-corrected chi connectivity index (χ0v) is 10.0. The van der Waals surface area contributed by atoms with Gasteiger partial charge in [0, 0.05) is 12.2 Å². The van der Waals surface area contributed by atoms with Gasteiger partial charge in [0.05, 0.1) is 4.90 Å². The first kappa shape index (κ1) is 12.9. The van der Waals surface area contributed by atoms with Crippen molar-refractivity contribution in [2.24, 2.45) is 5.92 Å². The lowest BCUT2D eigenvalue weighted by Gasteiger charge is -2.09. The lowest BCUT2D eigenvalue weighted by molar-refractivity contribution is 0.558. The van der Waals surface area contributed by atoms with Crippen molar-refractivity contribution in [1.29, 1.82) is 0 Å². The van der Waals surface area contributed by atoms with Crippen molar-refractivity contribution in [3.05, 3.63) is 24.0 Å². The van der Waals surface area contributed by atoms with Gasteiger partial charge in [-0.3, -0.25) is 0 Å². The maximum atomic E-state index is 13.0. The summed E-state index contributed by atoms with van der Waals surface area (Å²) in [6.07, 6.45) is 0. The Morgan fingerprint density at radius 1 is 1.38 bits per heavy atom. The first-order chi connectivity index (χ1) is 7.31. The summed E-state index contributed by atoms with van der Waals surface area (Å²) in [7, 11) is -3.67. The minimum absolute atomic E-state index is 0.0879. The van der Waals surface area contributed by atoms with Gasteiger partial charge in [0.1, 0.15) is 5.82 Å². The quantitative estimate of drug-likeness (QED) is 0.787. The van der Waals surface area contributed by atoms with Crippen LogP contribution >= 0.6 is 0 Å². The number of hydrogen-bond acceptors (Lipinski definition) is 3. The van der Waals surface area contributed by atoms with Crippen LogP contribution in [0.3, 0.4) is 0 Å². The van der Waals surface area contributed by atoms with Gasteiger partial charge >= 0.3 is 0 Å². The molecule has 0 fully saturated rings. The monoisotopic (exact) mass is 246 g/mol. The van der Waals surface area contributed by atoms with E-state index in [1.54, 1.807) is 0 Å². The van der Waals surface area contributed by atoms with Crippen LogP contribution in [0.5, 0.6) is 0 Å². The smallest absolute Gasteiger partial charge is 0.240 e. The van der Waals surface area contributed by atoms with Crippen molar-refractivity contribution in [3.8, 4) is 0 Å². The molecule has 0 amide bonds. The average molecular weight is 246 g/mol. The average Bonchev–Trinajstić information content (AvgIpc) is 2.13. The van der Waals surface area contributed by atoms with Crippen LogP contribution in [0.4, 0.5) is 10.1 Å². The standard InChI is InChI=1S/C10H15FN2O2S/c1-7(2)6-13-16(14,15)10-4-8(11)3-9(12)5-10/h3-5,7,13H,6,12H2,1-2H3. The number of hydrogen-bond donors (Lipinski definition) is 2. The molecule has 0 bridgehead atoms. The summed E-state index contributed by atoms with van der Waals surface area (Å²) >= 11 is 0. The molecule has 0 saturated heterocycles. The first-order valence-electron chi connectivity index (χ1n) is 4.87. The number of nitrogen functional groups attached to an aromatic ring is 1. The number of sulfonamides is 1. The van der Waals surface area contributed by atoms with Crippen molar-refractivity contribution in [2.45, 2.75) is 18.7 Å². The fraction of sp³-hybridized carbons (Fsp3) is 0.400. The highest BCUT2D eigenvalue weighted by Crippen LogP contribution is 2.15. The Balaban J connectivity index is 2.98. The van der Waals surface area contributed by atoms with Gasteiger partial charge in [-0.25, -0.2) is 17.5 Å². The van der Waals surface area contributed by atoms with E-state index in [0.29, 0.717) is 6.54 Å². The van der Waals surface area contributed by atoms with Crippen LogP contribution in [0.25, 0.3) is 0 Å². The van der Waals surface area contributed by atoms with Gasteiger partial charge in [0.15, 0.2) is 0 Å². The van der Waals surface area contributed by atoms with Gasteiger partial charge in [-0.1, -0.05) is 13.8 Å². The fourth-order valence-corrected chi connectivity index (χ4v) is 2.38. The molecule has 1 rings (SSSR count). The molecule has 4 nitrogen and oxygen atoms in total. The van der Waals surface area contributed by atoms with E-state index in [2.05, 4.69) is 4.72 Å². The van der Waals surface area contributed by atoms with Crippen LogP contribution in [0, 0.1) is 11.7 Å². The summed E-state index contributed by atoms with van der Waals surface area (Å²) in [5, 5.41) is 0. The maximum Gasteiger partial charge on any atom is 0.240 e. The van der Waals surface area contributed by atoms with E-state index in [-0.39, 0.29) is 16.5 Å². The van der Waals surface area contributed by atoms with Crippen molar-refractivity contribution in [1.82, 2.24) is 4.72 Å². The number of rotatable bonds is 4. The molecule has 0 aromatic heterocycles. The van der Waals surface area contributed by atoms with Crippen LogP contribution in [0.15, 0.2) is 23.1 Å². The summed E-state index contributed by atoms with van der Waals surface area (Å²) in [6, 6.07) is 3.24. The minimum atomic E-state index is -3.67. The van der Waals surface area contributed by atoms with Crippen molar-refractivity contribution < 1.29 is 12.8 Å². The van der Waals surface area contributed by atoms with E-state index >= 15 is 0 Å². The Hall–Kier alpha value is -1.14. The molecular weight excluding hydrogens is 231 g/mol. The molecule has 0 aliphatic heterocycles. The molecule has 6 heteroatoms. The maximum absolute atomic E-state index is 13.0. The van der Waals surface area contributed by atoms with Crippen molar-refractivity contribution in [2.75, 3.05) is 12.3 Å². The van der Waals surface area contributed by atoms with E-state index in [4.69, 9.17) is 5.73 Å². The minimum Gasteiger partial charge on any atom is -0.399 e. The highest BCUT2D eigenvalue weighted by molar-refractivity contribution is 7.89. The molecule has 1 aromatic carbocycles. The zero-order chi connectivity index (χ0) is 12.3. The Bertz CT molecular complexity index is 451. The molecule has 1 aromatic rings. The second-order valence-corrected chi connectivity index (χ2v) is 5.73. The normalized spacial score (nSPS) is 12.0. The Kier molecular flexibility index (Phi) is 3.88. The van der Waals surface area contributed by atoms with Crippen molar-refractivity contribution >= 4 is 15.7 Å². The zero-order valence-electron chi connectivity index (χ0n) is 9.20. The number of nitrogens with two attached hydrogens (primary N) is 1. The summed E-state index contributed by atoms with van der Waals surface area (Å²) < 4.78 is 38.8. The molecule has 16 heavy (non-hydrogen) atoms. The van der Waals surface area contributed by atoms with Gasteiger partial charge in [0.25, 0.3) is 0 Å². The van der Waals surface area contributed by atoms with E-state index in [1.165, 1.54) is 6.07 Å². The number of benzene rings is 1. The molecule has 0 heterocycles. The van der Waals surface area contributed by atoms with E-state index in [0.717, 1.165) is 12.1 Å². The molecule has 0 saturated carbocycles. The van der Waals surface area contributed by atoms with Gasteiger partial charge in [-0.15, -0.1) is 0 Å². The van der Waals surface area contributed by atoms with E-state index < -0.39 is 15.8 Å². The fourth-order valence-electron chi connectivity index (χ4n) is 1.10. The molecular formula is C10H15FN2O2S. The Morgan fingerprint density at radius 2 is 2.00 bits per heavy atom. The molecule has 90 valence electrons. The molecule has 0 spiro atoms. The SMILES string of the molecule is CC(C)CNS(=O)(=O)c1cc(N)cc(F)c1. The summed E-state index contributed by atoms with van der Waals surface area (Å²) in [4.78, 5) is -0.148. The molecule has 0 atom stereocenters. The van der Waals surface area contributed by atoms with Crippen LogP contribution < -0.4 is 10.5 Å². The topological polar surface area (TPSA) is 72.2 Å².